The van der Waals surface area contributed by atoms with Gasteiger partial charge in [-0.1, -0.05) is 251 Å². The van der Waals surface area contributed by atoms with Crippen LogP contribution in [0.4, 0.5) is 0 Å². The minimum atomic E-state index is -5.51. The number of rotatable bonds is 54. The molecule has 3 fully saturated rings. The Bertz CT molecular complexity index is 1920. The summed E-state index contributed by atoms with van der Waals surface area (Å²) in [5.41, 5.74) is 0. The number of aliphatic hydroxyl groups is 13. The second-order valence-electron chi connectivity index (χ2n) is 26.2. The summed E-state index contributed by atoms with van der Waals surface area (Å²) in [7, 11) is -11.0. The second kappa shape index (κ2) is 47.9. The molecule has 25 nitrogen and oxygen atoms in total. The van der Waals surface area contributed by atoms with Gasteiger partial charge < -0.3 is 91.0 Å². The quantitative estimate of drug-likeness (QED) is 0.0216. The molecule has 0 bridgehead atoms. The topological polar surface area (TPSA) is 422 Å². The Morgan fingerprint density at radius 3 is 1.10 bits per heavy atom. The van der Waals surface area contributed by atoms with E-state index in [0.717, 1.165) is 57.8 Å². The van der Waals surface area contributed by atoms with E-state index in [1.54, 1.807) is 0 Å². The smallest absolute Gasteiger partial charge is 0.391 e. The predicted octanol–water partition coefficient (Wildman–Crippen LogP) is 6.95. The number of hydrogen-bond acceptors (Lipinski definition) is 22. The monoisotopic (exact) mass is 1350 g/mol. The van der Waals surface area contributed by atoms with Crippen LogP contribution in [0.15, 0.2) is 0 Å². The Labute approximate surface area is 542 Å². The summed E-state index contributed by atoms with van der Waals surface area (Å²) in [6.07, 6.45) is 6.56. The third-order valence-electron chi connectivity index (χ3n) is 18.3. The number of unbranched alkanes of at least 4 members (excludes halogenated alkanes) is 36. The highest BCUT2D eigenvalue weighted by Gasteiger charge is 2.56. The molecular weight excluding hydrogens is 1230 g/mol. The van der Waals surface area contributed by atoms with Gasteiger partial charge in [-0.15, -0.1) is 0 Å². The standard InChI is InChI=1S/C64H125NO24P2/c1-3-5-7-9-11-13-15-17-19-20-21-22-23-24-25-26-28-30-32-34-36-38-40-42-48(67)65-45(46(66)41-39-37-35-33-31-29-27-18-16-14-12-10-8-6-4-2)43-84-90(80,81)89-63-59(78)55(74)54(73)58(77)62(63)87-64-60(79)50(69)49(68)47(86-64)44-85-91(82,83)88-61-56(75)52(71)51(70)53(72)57(61)76/h45-47,49-64,66,68-79H,3-44H2,1-2H3,(H,65,67)(H,80,81)(H,82,83)/t45-,46+,47+,49+,50-,51?,52-,53+,54+,55+,56+,57+,58-,59+,60-,61?,62+,63+,64?/m0/s1. The number of carbonyl (C=O) groups excluding carboxylic acids is 1. The van der Waals surface area contributed by atoms with Crippen molar-refractivity contribution in [3.63, 3.8) is 0 Å². The van der Waals surface area contributed by atoms with E-state index in [2.05, 4.69) is 19.2 Å². The zero-order valence-corrected chi connectivity index (χ0v) is 56.7. The fraction of sp³-hybridized carbons (Fsp3) is 0.984. The van der Waals surface area contributed by atoms with Crippen molar-refractivity contribution >= 4 is 21.6 Å². The molecule has 1 saturated heterocycles. The largest absolute Gasteiger partial charge is 0.472 e. The first-order valence-corrected chi connectivity index (χ1v) is 38.2. The molecule has 1 amide bonds. The van der Waals surface area contributed by atoms with Crippen LogP contribution < -0.4 is 5.32 Å². The summed E-state index contributed by atoms with van der Waals surface area (Å²) < 4.78 is 58.1. The van der Waals surface area contributed by atoms with Gasteiger partial charge in [0.2, 0.25) is 5.91 Å². The van der Waals surface area contributed by atoms with Gasteiger partial charge in [0.15, 0.2) is 6.29 Å². The van der Waals surface area contributed by atoms with Crippen LogP contribution in [0.2, 0.25) is 0 Å². The van der Waals surface area contributed by atoms with Gasteiger partial charge in [0.05, 0.1) is 25.4 Å². The lowest BCUT2D eigenvalue weighted by molar-refractivity contribution is -0.337. The van der Waals surface area contributed by atoms with Crippen molar-refractivity contribution in [1.29, 1.82) is 0 Å². The van der Waals surface area contributed by atoms with Gasteiger partial charge in [-0.3, -0.25) is 22.9 Å². The van der Waals surface area contributed by atoms with Crippen molar-refractivity contribution in [2.75, 3.05) is 13.2 Å². The minimum Gasteiger partial charge on any atom is -0.391 e. The van der Waals surface area contributed by atoms with E-state index in [1.165, 1.54) is 173 Å². The van der Waals surface area contributed by atoms with E-state index in [4.69, 9.17) is 27.6 Å². The summed E-state index contributed by atoms with van der Waals surface area (Å²) in [5.74, 6) is -0.434. The predicted molar refractivity (Wildman–Crippen MR) is 341 cm³/mol. The van der Waals surface area contributed by atoms with E-state index in [-0.39, 0.29) is 12.8 Å². The van der Waals surface area contributed by atoms with E-state index in [9.17, 15) is 90.1 Å². The highest BCUT2D eigenvalue weighted by molar-refractivity contribution is 7.47. The molecule has 2 saturated carbocycles. The third kappa shape index (κ3) is 33.0. The maximum atomic E-state index is 13.8. The van der Waals surface area contributed by atoms with Gasteiger partial charge in [0, 0.05) is 6.42 Å². The summed E-state index contributed by atoms with van der Waals surface area (Å²) in [6, 6.07) is -1.24. The Morgan fingerprint density at radius 1 is 0.396 bits per heavy atom. The van der Waals surface area contributed by atoms with E-state index < -0.39 is 151 Å². The lowest BCUT2D eigenvalue weighted by Crippen LogP contribution is -2.67. The lowest BCUT2D eigenvalue weighted by Gasteiger charge is -2.47. The van der Waals surface area contributed by atoms with Crippen LogP contribution >= 0.6 is 15.6 Å². The maximum Gasteiger partial charge on any atom is 0.472 e. The van der Waals surface area contributed by atoms with Crippen LogP contribution in [0.3, 0.4) is 0 Å². The highest BCUT2D eigenvalue weighted by atomic mass is 31.2. The number of amides is 1. The molecule has 3 aliphatic rings. The molecule has 27 heteroatoms. The summed E-state index contributed by atoms with van der Waals surface area (Å²) in [6.45, 7) is 2.44. The molecule has 21 atom stereocenters. The van der Waals surface area contributed by atoms with Crippen molar-refractivity contribution in [2.24, 2.45) is 0 Å². The van der Waals surface area contributed by atoms with Crippen LogP contribution in [0.1, 0.15) is 271 Å². The second-order valence-corrected chi connectivity index (χ2v) is 29.0. The molecule has 0 aromatic rings. The normalized spacial score (nSPS) is 30.8. The van der Waals surface area contributed by atoms with Gasteiger partial charge in [0.1, 0.15) is 97.7 Å². The van der Waals surface area contributed by atoms with Crippen molar-refractivity contribution in [1.82, 2.24) is 5.32 Å². The Morgan fingerprint density at radius 2 is 0.703 bits per heavy atom. The van der Waals surface area contributed by atoms with E-state index in [1.807, 2.05) is 0 Å². The van der Waals surface area contributed by atoms with E-state index >= 15 is 0 Å². The number of hydrogen-bond donors (Lipinski definition) is 16. The highest BCUT2D eigenvalue weighted by Crippen LogP contribution is 2.49. The average molecular weight is 1350 g/mol. The van der Waals surface area contributed by atoms with Crippen molar-refractivity contribution in [2.45, 2.75) is 387 Å². The first-order chi connectivity index (χ1) is 43.5. The van der Waals surface area contributed by atoms with Crippen molar-refractivity contribution in [3.05, 3.63) is 0 Å². The van der Waals surface area contributed by atoms with Crippen LogP contribution in [0.25, 0.3) is 0 Å². The fourth-order valence-corrected chi connectivity index (χ4v) is 14.3. The zero-order valence-electron chi connectivity index (χ0n) is 54.9. The average Bonchev–Trinajstić information content (AvgIpc) is 1.36. The van der Waals surface area contributed by atoms with Crippen LogP contribution in [0.5, 0.6) is 0 Å². The SMILES string of the molecule is CCCCCCCCCCCCCCCCCCCCCCCCCC(=O)N[C@@H](COP(=O)(O)O[C@@H]1[C@H](O)[C@H](O)[C@@H](O)[C@H](O)[C@H]1OC1O[C@H](COP(=O)(O)OC2[C@H](O)[C@H](O)C(O)[C@H](O)[C@H]2O)[C@@H](O)[C@H](O)[C@@H]1O)[C@H](O)CCCCCCCCCCCCCCCCC. The molecule has 91 heavy (non-hydrogen) atoms. The number of phosphoric acid groups is 2. The van der Waals surface area contributed by atoms with Crippen LogP contribution in [0, 0.1) is 0 Å². The summed E-state index contributed by atoms with van der Waals surface area (Å²) in [5, 5.41) is 141. The Kier molecular flexibility index (Phi) is 44.4. The maximum absolute atomic E-state index is 13.8. The van der Waals surface area contributed by atoms with E-state index in [0.29, 0.717) is 12.8 Å². The summed E-state index contributed by atoms with van der Waals surface area (Å²) in [4.78, 5) is 35.0. The molecule has 0 aromatic carbocycles. The molecule has 3 rings (SSSR count). The van der Waals surface area contributed by atoms with Gasteiger partial charge in [-0.05, 0) is 12.8 Å². The van der Waals surface area contributed by atoms with Crippen molar-refractivity contribution in [3.8, 4) is 0 Å². The lowest BCUT2D eigenvalue weighted by atomic mass is 9.84. The molecule has 1 heterocycles. The Hall–Kier alpha value is -0.910. The zero-order chi connectivity index (χ0) is 67.2. The van der Waals surface area contributed by atoms with Crippen LogP contribution in [-0.2, 0) is 41.5 Å². The van der Waals surface area contributed by atoms with Crippen LogP contribution in [-0.4, -0.2) is 211 Å². The fourth-order valence-electron chi connectivity index (χ4n) is 12.3. The van der Waals surface area contributed by atoms with Gasteiger partial charge in [0.25, 0.3) is 0 Å². The molecule has 0 aromatic heterocycles. The van der Waals surface area contributed by atoms with Gasteiger partial charge in [-0.2, -0.15) is 0 Å². The molecule has 5 unspecified atom stereocenters. The molecule has 16 N–H and O–H groups in total. The number of carbonyl (C=O) groups is 1. The minimum absolute atomic E-state index is 0.109. The molecule has 540 valence electrons. The first kappa shape index (κ1) is 84.3. The number of nitrogens with one attached hydrogen (secondary N) is 1. The molecule has 0 spiro atoms. The molecular formula is C64H125NO24P2. The molecule has 2 aliphatic carbocycles. The Balaban J connectivity index is 1.54. The summed E-state index contributed by atoms with van der Waals surface area (Å²) >= 11 is 0. The number of phosphoric ester groups is 2. The van der Waals surface area contributed by atoms with Gasteiger partial charge in [-0.25, -0.2) is 9.13 Å². The number of ether oxygens (including phenoxy) is 2. The third-order valence-corrected chi connectivity index (χ3v) is 20.3. The van der Waals surface area contributed by atoms with Crippen molar-refractivity contribution < 1.29 is 118 Å². The first-order valence-electron chi connectivity index (χ1n) is 35.2. The molecule has 1 aliphatic heterocycles. The van der Waals surface area contributed by atoms with Gasteiger partial charge >= 0.3 is 15.6 Å². The molecule has 0 radical (unpaired) electrons. The number of aliphatic hydroxyl groups excluding tert-OH is 13.